The molecule has 5 aliphatic heterocycles. The second-order valence-electron chi connectivity index (χ2n) is 52.7. The molecule has 29 nitrogen and oxygen atoms in total. The van der Waals surface area contributed by atoms with Crippen LogP contribution in [0.5, 0.6) is 0 Å². The molecule has 0 amide bonds. The summed E-state index contributed by atoms with van der Waals surface area (Å²) in [7, 11) is 0. The first kappa shape index (κ1) is 123. The summed E-state index contributed by atoms with van der Waals surface area (Å²) in [6.45, 7) is 90.0. The lowest BCUT2D eigenvalue weighted by molar-refractivity contribution is -0.298. The molecule has 0 atom stereocenters. The van der Waals surface area contributed by atoms with Gasteiger partial charge in [-0.05, 0) is 328 Å². The Morgan fingerprint density at radius 2 is 0.378 bits per heavy atom. The van der Waals surface area contributed by atoms with E-state index >= 15 is 0 Å². The highest BCUT2D eigenvalue weighted by Crippen LogP contribution is 2.48. The third-order valence-corrected chi connectivity index (χ3v) is 30.2. The highest BCUT2D eigenvalue weighted by molar-refractivity contribution is 5.52. The summed E-state index contributed by atoms with van der Waals surface area (Å²) < 4.78 is 0. The molecule has 3 aromatic heterocycles. The molecule has 3 aromatic rings. The number of anilines is 9. The number of nitrogens with one attached hydrogen (secondary N) is 2. The molecule has 5 fully saturated rings. The standard InChI is InChI=1S/C114H219N23O6/c1-36-45-62-126(63-46-37-2)93-115-94(127(64-47-38-3)65-48-39-4)118-97(117-93)131(88-75-102(10,11)124-103(12,13)76-88)71-58-54-55-59-72-132(89-77-104(14,15)125-105(16,17)78-89)100-121-99(130(70-53-44-9)90-79-106(18,19)135(107(20,21)80-90)141-85-112(30,31)138)122-101(123-100)134(92-83-110(26,27)137(111(28,29)84-92)143-87-114(34,35)140)74-61-57-56-60-73-133(91-81-108(22,23)136(109(24,25)82-91)142-86-113(32,33)139)98-119-95(128(66-49-40-5)67-50-41-6)116-96(120-98)129(68-51-42-7)69-52-43-8/h88-92,124-125,138-140H,36-87H2,1-35H3. The normalized spacial score (nSPS) is 20.1. The minimum absolute atomic E-state index is 0.0119. The van der Waals surface area contributed by atoms with Crippen LogP contribution >= 0.6 is 0 Å². The van der Waals surface area contributed by atoms with Crippen LogP contribution < -0.4 is 54.7 Å². The van der Waals surface area contributed by atoms with Crippen molar-refractivity contribution in [1.82, 2.24) is 70.7 Å². The van der Waals surface area contributed by atoms with Crippen molar-refractivity contribution in [3.05, 3.63) is 0 Å². The molecular formula is C114H219N23O6. The zero-order valence-corrected chi connectivity index (χ0v) is 98.6. The molecule has 5 saturated heterocycles. The Labute approximate surface area is 874 Å². The third-order valence-electron chi connectivity index (χ3n) is 30.2. The Hall–Kier alpha value is -5.21. The Kier molecular flexibility index (Phi) is 46.2. The highest BCUT2D eigenvalue weighted by atomic mass is 16.7. The van der Waals surface area contributed by atoms with Crippen LogP contribution in [0.1, 0.15) is 473 Å². The lowest BCUT2D eigenvalue weighted by Crippen LogP contribution is -2.65. The summed E-state index contributed by atoms with van der Waals surface area (Å²) in [4.78, 5) is 95.7. The predicted molar refractivity (Wildman–Crippen MR) is 601 cm³/mol. The van der Waals surface area contributed by atoms with Gasteiger partial charge in [0.25, 0.3) is 0 Å². The van der Waals surface area contributed by atoms with Crippen LogP contribution in [-0.2, 0) is 14.5 Å². The highest BCUT2D eigenvalue weighted by Gasteiger charge is 2.54. The van der Waals surface area contributed by atoms with E-state index in [1.54, 1.807) is 0 Å². The summed E-state index contributed by atoms with van der Waals surface area (Å²) in [6.07, 6.45) is 35.2. The van der Waals surface area contributed by atoms with Crippen molar-refractivity contribution in [1.29, 1.82) is 0 Å². The Morgan fingerprint density at radius 3 is 0.545 bits per heavy atom. The minimum Gasteiger partial charge on any atom is -0.388 e. The molecule has 0 unspecified atom stereocenters. The average molecular weight is 2010 g/mol. The number of hydroxylamine groups is 6. The molecule has 143 heavy (non-hydrogen) atoms. The second-order valence-corrected chi connectivity index (χ2v) is 52.7. The zero-order chi connectivity index (χ0) is 106. The number of hydrogen-bond acceptors (Lipinski definition) is 29. The maximum absolute atomic E-state index is 11.4. The minimum atomic E-state index is -1.05. The molecule has 8 rings (SSSR count). The van der Waals surface area contributed by atoms with E-state index in [-0.39, 0.29) is 72.2 Å². The van der Waals surface area contributed by atoms with Gasteiger partial charge in [0, 0.05) is 171 Å². The Morgan fingerprint density at radius 1 is 0.231 bits per heavy atom. The van der Waals surface area contributed by atoms with Crippen molar-refractivity contribution in [2.45, 2.75) is 576 Å². The molecular weight excluding hydrogens is 1790 g/mol. The van der Waals surface area contributed by atoms with Gasteiger partial charge >= 0.3 is 0 Å². The van der Waals surface area contributed by atoms with Crippen LogP contribution in [0.25, 0.3) is 0 Å². The predicted octanol–water partition coefficient (Wildman–Crippen LogP) is 23.0. The molecule has 0 aromatic carbocycles. The van der Waals surface area contributed by atoms with E-state index in [1.807, 2.05) is 41.5 Å². The van der Waals surface area contributed by atoms with Crippen LogP contribution in [0.4, 0.5) is 53.5 Å². The van der Waals surface area contributed by atoms with Gasteiger partial charge < -0.3 is 70.1 Å². The number of piperidine rings is 5. The van der Waals surface area contributed by atoms with Gasteiger partial charge in [0.15, 0.2) is 0 Å². The van der Waals surface area contributed by atoms with Gasteiger partial charge in [-0.25, -0.2) is 0 Å². The van der Waals surface area contributed by atoms with Crippen molar-refractivity contribution in [3.8, 4) is 0 Å². The average Bonchev–Trinajstić information content (AvgIpc) is 0.751. The number of aromatic nitrogens is 9. The number of hydrogen-bond donors (Lipinski definition) is 5. The van der Waals surface area contributed by atoms with E-state index < -0.39 is 50.0 Å². The molecule has 0 bridgehead atoms. The number of aliphatic hydroxyl groups is 3. The van der Waals surface area contributed by atoms with Gasteiger partial charge in [0.05, 0.1) is 36.6 Å². The summed E-state index contributed by atoms with van der Waals surface area (Å²) in [5, 5.41) is 48.6. The molecule has 0 spiro atoms. The van der Waals surface area contributed by atoms with Crippen molar-refractivity contribution < 1.29 is 29.8 Å². The molecule has 5 aliphatic rings. The van der Waals surface area contributed by atoms with Crippen LogP contribution in [0.15, 0.2) is 0 Å². The van der Waals surface area contributed by atoms with Gasteiger partial charge in [-0.1, -0.05) is 146 Å². The smallest absolute Gasteiger partial charge is 0.232 e. The van der Waals surface area contributed by atoms with E-state index in [9.17, 15) is 15.3 Å². The second kappa shape index (κ2) is 53.7. The lowest BCUT2D eigenvalue weighted by atomic mass is 9.78. The molecule has 8 heterocycles. The van der Waals surface area contributed by atoms with Gasteiger partial charge in [0.2, 0.25) is 53.5 Å². The summed E-state index contributed by atoms with van der Waals surface area (Å²) in [5.41, 5.74) is -6.46. The first-order valence-electron chi connectivity index (χ1n) is 57.9. The molecule has 826 valence electrons. The van der Waals surface area contributed by atoms with Gasteiger partial charge in [0.1, 0.15) is 0 Å². The quantitative estimate of drug-likeness (QED) is 0.0329. The van der Waals surface area contributed by atoms with Crippen LogP contribution in [0, 0.1) is 0 Å². The Balaban J connectivity index is 1.29. The van der Waals surface area contributed by atoms with E-state index in [0.29, 0.717) is 6.54 Å². The summed E-state index contributed by atoms with van der Waals surface area (Å²) in [6, 6.07) is 0.307. The molecule has 29 heteroatoms. The van der Waals surface area contributed by atoms with Crippen LogP contribution in [-0.4, -0.2) is 283 Å². The van der Waals surface area contributed by atoms with Gasteiger partial charge in [-0.3, -0.25) is 14.5 Å². The van der Waals surface area contributed by atoms with Crippen molar-refractivity contribution in [3.63, 3.8) is 0 Å². The maximum atomic E-state index is 11.4. The van der Waals surface area contributed by atoms with Crippen molar-refractivity contribution in [2.24, 2.45) is 0 Å². The van der Waals surface area contributed by atoms with Gasteiger partial charge in [-0.2, -0.15) is 60.0 Å². The van der Waals surface area contributed by atoms with Crippen molar-refractivity contribution >= 4 is 53.5 Å². The van der Waals surface area contributed by atoms with E-state index in [2.05, 4.69) is 271 Å². The molecule has 0 radical (unpaired) electrons. The first-order valence-corrected chi connectivity index (χ1v) is 57.9. The largest absolute Gasteiger partial charge is 0.388 e. The molecule has 5 N–H and O–H groups in total. The van der Waals surface area contributed by atoms with Crippen LogP contribution in [0.2, 0.25) is 0 Å². The lowest BCUT2D eigenvalue weighted by Gasteiger charge is -2.56. The van der Waals surface area contributed by atoms with E-state index in [1.165, 1.54) is 0 Å². The summed E-state index contributed by atoms with van der Waals surface area (Å²) >= 11 is 0. The topological polar surface area (TPSA) is 267 Å². The fourth-order valence-corrected chi connectivity index (χ4v) is 24.7. The fraction of sp³-hybridized carbons (Fsp3) is 0.921. The van der Waals surface area contributed by atoms with Gasteiger partial charge in [-0.15, -0.1) is 0 Å². The Bertz CT molecular complexity index is 3990. The monoisotopic (exact) mass is 2010 g/mol. The third kappa shape index (κ3) is 37.7. The van der Waals surface area contributed by atoms with E-state index in [0.717, 1.165) is 363 Å². The number of nitrogens with zero attached hydrogens (tertiary/aromatic N) is 21. The zero-order valence-electron chi connectivity index (χ0n) is 98.6. The van der Waals surface area contributed by atoms with E-state index in [4.69, 9.17) is 59.4 Å². The summed E-state index contributed by atoms with van der Waals surface area (Å²) in [5.74, 6) is 6.99. The molecule has 0 saturated carbocycles. The molecule has 0 aliphatic carbocycles. The van der Waals surface area contributed by atoms with Crippen molar-refractivity contribution in [2.75, 3.05) is 149 Å². The number of rotatable bonds is 64. The SMILES string of the molecule is CCCCN(CCCC)c1nc(N(CCCC)CCCC)nc(N(CCCCCCN(c2nc(N(CCCC)C3CC(C)(C)N(OCC(C)(C)O)C(C)(C)C3)nc(N(CCCCCCN(c3nc(N(CCCC)CCCC)nc(N(CCCC)CCCC)n3)C3CC(C)(C)N(OCC(C)(C)O)C(C)(C)C3)C3CC(C)(C)N(OCC(C)(C)O)C(C)(C)C3)n2)C2CC(C)(C)NC(C)(C)C2)C2CC(C)(C)NC(C)(C)C2)n1. The first-order chi connectivity index (χ1) is 66.7. The maximum Gasteiger partial charge on any atom is 0.232 e. The van der Waals surface area contributed by atoms with Crippen LogP contribution in [0.3, 0.4) is 0 Å². The fourth-order valence-electron chi connectivity index (χ4n) is 24.7. The number of unbranched alkanes of at least 4 members (excludes halogenated alkanes) is 15.